The van der Waals surface area contributed by atoms with Gasteiger partial charge in [-0.05, 0) is 30.7 Å². The van der Waals surface area contributed by atoms with Gasteiger partial charge in [0.1, 0.15) is 0 Å². The maximum Gasteiger partial charge on any atom is 0.0598 e. The van der Waals surface area contributed by atoms with Crippen LogP contribution in [-0.2, 0) is 0 Å². The molecule has 0 aliphatic carbocycles. The fourth-order valence-electron chi connectivity index (χ4n) is 2.11. The van der Waals surface area contributed by atoms with E-state index < -0.39 is 0 Å². The van der Waals surface area contributed by atoms with E-state index in [0.717, 1.165) is 6.54 Å². The van der Waals surface area contributed by atoms with Crippen molar-refractivity contribution in [3.05, 3.63) is 71.8 Å². The number of hydrazine groups is 1. The fourth-order valence-corrected chi connectivity index (χ4v) is 2.11. The molecule has 1 aliphatic heterocycles. The highest BCUT2D eigenvalue weighted by molar-refractivity contribution is 5.70. The van der Waals surface area contributed by atoms with Crippen molar-refractivity contribution in [2.45, 2.75) is 6.92 Å². The van der Waals surface area contributed by atoms with E-state index in [0.29, 0.717) is 0 Å². The minimum absolute atomic E-state index is 0.896. The van der Waals surface area contributed by atoms with E-state index in [-0.39, 0.29) is 0 Å². The Balaban J connectivity index is 1.77. The summed E-state index contributed by atoms with van der Waals surface area (Å²) >= 11 is 0. The molecule has 2 nitrogen and oxygen atoms in total. The van der Waals surface area contributed by atoms with Crippen LogP contribution >= 0.6 is 0 Å². The minimum Gasteiger partial charge on any atom is -0.298 e. The van der Waals surface area contributed by atoms with Crippen LogP contribution in [0.3, 0.4) is 0 Å². The Morgan fingerprint density at radius 2 is 1.67 bits per heavy atom. The molecule has 0 amide bonds. The van der Waals surface area contributed by atoms with E-state index in [1.165, 1.54) is 22.5 Å². The van der Waals surface area contributed by atoms with Crippen molar-refractivity contribution in [3.8, 4) is 0 Å². The zero-order chi connectivity index (χ0) is 12.4. The maximum atomic E-state index is 3.44. The van der Waals surface area contributed by atoms with E-state index in [4.69, 9.17) is 0 Å². The zero-order valence-electron chi connectivity index (χ0n) is 10.4. The van der Waals surface area contributed by atoms with Crippen LogP contribution in [0.4, 0.5) is 5.69 Å². The number of nitrogens with zero attached hydrogens (tertiary/aromatic N) is 1. The van der Waals surface area contributed by atoms with Gasteiger partial charge in [-0.1, -0.05) is 48.0 Å². The molecule has 2 aromatic carbocycles. The summed E-state index contributed by atoms with van der Waals surface area (Å²) in [6.07, 6.45) is 2.22. The molecule has 0 unspecified atom stereocenters. The fraction of sp³-hybridized carbons (Fsp3) is 0.125. The Bertz CT molecular complexity index is 555. The number of anilines is 1. The predicted octanol–water partition coefficient (Wildman–Crippen LogP) is 3.36. The molecule has 2 aromatic rings. The smallest absolute Gasteiger partial charge is 0.0598 e. The second kappa shape index (κ2) is 4.57. The van der Waals surface area contributed by atoms with Crippen molar-refractivity contribution in [2.75, 3.05) is 11.6 Å². The largest absolute Gasteiger partial charge is 0.298 e. The molecule has 2 heteroatoms. The molecule has 0 saturated carbocycles. The lowest BCUT2D eigenvalue weighted by Crippen LogP contribution is -2.31. The molecular formula is C16H16N2. The summed E-state index contributed by atoms with van der Waals surface area (Å²) in [5, 5.41) is 2.15. The van der Waals surface area contributed by atoms with Gasteiger partial charge < -0.3 is 0 Å². The van der Waals surface area contributed by atoms with E-state index in [2.05, 4.69) is 72.0 Å². The number of para-hydroxylation sites is 1. The Hall–Kier alpha value is -2.22. The van der Waals surface area contributed by atoms with Crippen LogP contribution in [0.2, 0.25) is 0 Å². The third-order valence-corrected chi connectivity index (χ3v) is 3.16. The Morgan fingerprint density at radius 3 is 2.39 bits per heavy atom. The molecule has 3 rings (SSSR count). The lowest BCUT2D eigenvalue weighted by atomic mass is 10.1. The van der Waals surface area contributed by atoms with Gasteiger partial charge >= 0.3 is 0 Å². The van der Waals surface area contributed by atoms with Crippen LogP contribution in [0, 0.1) is 6.92 Å². The van der Waals surface area contributed by atoms with E-state index >= 15 is 0 Å². The minimum atomic E-state index is 0.896. The maximum absolute atomic E-state index is 3.44. The Morgan fingerprint density at radius 1 is 0.944 bits per heavy atom. The third kappa shape index (κ3) is 2.09. The number of nitrogens with one attached hydrogen (secondary N) is 1. The molecule has 1 aliphatic rings. The first-order valence-electron chi connectivity index (χ1n) is 6.19. The summed E-state index contributed by atoms with van der Waals surface area (Å²) in [6, 6.07) is 19.0. The topological polar surface area (TPSA) is 15.3 Å². The summed E-state index contributed by atoms with van der Waals surface area (Å²) in [4.78, 5) is 0. The van der Waals surface area contributed by atoms with Crippen molar-refractivity contribution in [3.63, 3.8) is 0 Å². The van der Waals surface area contributed by atoms with Crippen LogP contribution in [0.5, 0.6) is 0 Å². The monoisotopic (exact) mass is 236 g/mol. The highest BCUT2D eigenvalue weighted by atomic mass is 15.5. The van der Waals surface area contributed by atoms with Gasteiger partial charge in [0.15, 0.2) is 0 Å². The van der Waals surface area contributed by atoms with Crippen LogP contribution in [-0.4, -0.2) is 6.54 Å². The van der Waals surface area contributed by atoms with E-state index in [1.54, 1.807) is 0 Å². The van der Waals surface area contributed by atoms with Gasteiger partial charge in [0, 0.05) is 0 Å². The highest BCUT2D eigenvalue weighted by Gasteiger charge is 2.14. The van der Waals surface area contributed by atoms with Crippen LogP contribution in [0.1, 0.15) is 11.1 Å². The van der Waals surface area contributed by atoms with Crippen molar-refractivity contribution in [1.29, 1.82) is 0 Å². The van der Waals surface area contributed by atoms with Gasteiger partial charge in [-0.15, -0.1) is 0 Å². The van der Waals surface area contributed by atoms with Gasteiger partial charge in [0.2, 0.25) is 0 Å². The van der Waals surface area contributed by atoms with Crippen LogP contribution < -0.4 is 10.4 Å². The van der Waals surface area contributed by atoms with Crippen molar-refractivity contribution >= 4 is 11.4 Å². The van der Waals surface area contributed by atoms with E-state index in [1.807, 2.05) is 6.07 Å². The van der Waals surface area contributed by atoms with Gasteiger partial charge in [0.05, 0.1) is 17.9 Å². The van der Waals surface area contributed by atoms with Crippen LogP contribution in [0.25, 0.3) is 5.70 Å². The predicted molar refractivity (Wildman–Crippen MR) is 76.1 cm³/mol. The molecule has 0 spiro atoms. The molecule has 0 fully saturated rings. The number of rotatable bonds is 2. The number of aryl methyl sites for hydroxylation is 1. The Labute approximate surface area is 108 Å². The second-order valence-electron chi connectivity index (χ2n) is 4.54. The summed E-state index contributed by atoms with van der Waals surface area (Å²) < 4.78 is 0. The summed E-state index contributed by atoms with van der Waals surface area (Å²) in [6.45, 7) is 3.00. The molecule has 0 aromatic heterocycles. The second-order valence-corrected chi connectivity index (χ2v) is 4.54. The third-order valence-electron chi connectivity index (χ3n) is 3.16. The van der Waals surface area contributed by atoms with Crippen molar-refractivity contribution in [1.82, 2.24) is 5.43 Å². The summed E-state index contributed by atoms with van der Waals surface area (Å²) in [5.41, 5.74) is 8.33. The summed E-state index contributed by atoms with van der Waals surface area (Å²) in [7, 11) is 0. The normalized spacial score (nSPS) is 14.3. The molecule has 1 heterocycles. The average molecular weight is 236 g/mol. The molecule has 0 radical (unpaired) electrons. The SMILES string of the molecule is Cc1ccc(C2=CCN(c3ccccc3)N2)cc1. The first-order chi connectivity index (χ1) is 8.83. The summed E-state index contributed by atoms with van der Waals surface area (Å²) in [5.74, 6) is 0. The zero-order valence-corrected chi connectivity index (χ0v) is 10.4. The average Bonchev–Trinajstić information content (AvgIpc) is 2.90. The highest BCUT2D eigenvalue weighted by Crippen LogP contribution is 2.21. The lowest BCUT2D eigenvalue weighted by molar-refractivity contribution is 0.852. The first-order valence-corrected chi connectivity index (χ1v) is 6.19. The molecular weight excluding hydrogens is 220 g/mol. The quantitative estimate of drug-likeness (QED) is 0.860. The Kier molecular flexibility index (Phi) is 2.77. The van der Waals surface area contributed by atoms with Gasteiger partial charge in [-0.3, -0.25) is 10.4 Å². The molecule has 0 bridgehead atoms. The molecule has 1 N–H and O–H groups in total. The van der Waals surface area contributed by atoms with Crippen molar-refractivity contribution in [2.24, 2.45) is 0 Å². The van der Waals surface area contributed by atoms with Gasteiger partial charge in [-0.2, -0.15) is 0 Å². The first kappa shape index (κ1) is 10.9. The molecule has 18 heavy (non-hydrogen) atoms. The van der Waals surface area contributed by atoms with Gasteiger partial charge in [0.25, 0.3) is 0 Å². The lowest BCUT2D eigenvalue weighted by Gasteiger charge is -2.20. The van der Waals surface area contributed by atoms with Crippen LogP contribution in [0.15, 0.2) is 60.7 Å². The van der Waals surface area contributed by atoms with E-state index in [9.17, 15) is 0 Å². The molecule has 0 atom stereocenters. The molecule has 90 valence electrons. The van der Waals surface area contributed by atoms with Crippen molar-refractivity contribution < 1.29 is 0 Å². The molecule has 0 saturated heterocycles. The number of hydrogen-bond donors (Lipinski definition) is 1. The standard InChI is InChI=1S/C16H16N2/c1-13-7-9-14(10-8-13)16-11-12-18(17-16)15-5-3-2-4-6-15/h2-11,17H,12H2,1H3. The number of benzene rings is 2. The number of hydrogen-bond acceptors (Lipinski definition) is 2. The van der Waals surface area contributed by atoms with Gasteiger partial charge in [-0.25, -0.2) is 0 Å².